The lowest BCUT2D eigenvalue weighted by atomic mass is 9.73. The first-order chi connectivity index (χ1) is 14.0. The van der Waals surface area contributed by atoms with Gasteiger partial charge in [-0.1, -0.05) is 35.9 Å². The smallest absolute Gasteiger partial charge is 0.337 e. The average molecular weight is 430 g/mol. The number of benzene rings is 2. The fourth-order valence-corrected chi connectivity index (χ4v) is 4.31. The van der Waals surface area contributed by atoms with E-state index in [0.29, 0.717) is 17.4 Å². The number of ether oxygens (including phenoxy) is 2. The molecule has 0 aliphatic heterocycles. The molecule has 0 aromatic heterocycles. The van der Waals surface area contributed by atoms with Crippen LogP contribution in [0.5, 0.6) is 5.75 Å². The summed E-state index contributed by atoms with van der Waals surface area (Å²) in [6.45, 7) is 1.08. The minimum atomic E-state index is -0.297. The summed E-state index contributed by atoms with van der Waals surface area (Å²) < 4.78 is 10.3. The maximum Gasteiger partial charge on any atom is 0.337 e. The van der Waals surface area contributed by atoms with Crippen molar-refractivity contribution in [1.82, 2.24) is 4.90 Å². The number of methoxy groups -OCH3 is 2. The highest BCUT2D eigenvalue weighted by molar-refractivity contribution is 5.90. The summed E-state index contributed by atoms with van der Waals surface area (Å²) >= 11 is 0. The number of allylic oxidation sites excluding steroid dienone is 1. The van der Waals surface area contributed by atoms with Crippen LogP contribution in [-0.4, -0.2) is 45.7 Å². The van der Waals surface area contributed by atoms with Crippen LogP contribution < -0.4 is 4.74 Å². The molecule has 0 bridgehead atoms. The zero-order valence-corrected chi connectivity index (χ0v) is 19.1. The topological polar surface area (TPSA) is 38.8 Å². The molecular formula is C25H32ClNO3. The Hall–Kier alpha value is -2.30. The fourth-order valence-electron chi connectivity index (χ4n) is 4.31. The van der Waals surface area contributed by atoms with Gasteiger partial charge in [-0.15, -0.1) is 12.4 Å². The molecule has 5 heteroatoms. The Labute approximate surface area is 186 Å². The second kappa shape index (κ2) is 11.2. The number of esters is 1. The summed E-state index contributed by atoms with van der Waals surface area (Å²) in [6.07, 6.45) is 5.50. The number of nitrogens with zero attached hydrogens (tertiary/aromatic N) is 1. The summed E-state index contributed by atoms with van der Waals surface area (Å²) in [4.78, 5) is 14.1. The van der Waals surface area contributed by atoms with Crippen molar-refractivity contribution in [3.8, 4) is 5.75 Å². The average Bonchev–Trinajstić information content (AvgIpc) is 2.74. The van der Waals surface area contributed by atoms with Crippen molar-refractivity contribution in [2.75, 3.05) is 34.9 Å². The molecule has 0 unspecified atom stereocenters. The molecule has 0 saturated heterocycles. The van der Waals surface area contributed by atoms with Crippen molar-refractivity contribution in [2.24, 2.45) is 5.92 Å². The minimum absolute atomic E-state index is 0. The largest absolute Gasteiger partial charge is 0.497 e. The normalized spacial score (nSPS) is 20.0. The number of hydrogen-bond donors (Lipinski definition) is 0. The van der Waals surface area contributed by atoms with Gasteiger partial charge in [0, 0.05) is 6.54 Å². The third-order valence-corrected chi connectivity index (χ3v) is 5.69. The number of carbonyl (C=O) groups excluding carboxylic acids is 1. The maximum absolute atomic E-state index is 11.8. The molecule has 2 aromatic rings. The van der Waals surface area contributed by atoms with Crippen LogP contribution in [-0.2, 0) is 4.74 Å². The second-order valence-corrected chi connectivity index (χ2v) is 8.07. The quantitative estimate of drug-likeness (QED) is 0.573. The number of rotatable bonds is 6. The van der Waals surface area contributed by atoms with Crippen LogP contribution in [0.2, 0.25) is 0 Å². The predicted molar refractivity (Wildman–Crippen MR) is 125 cm³/mol. The molecule has 0 N–H and O–H groups in total. The van der Waals surface area contributed by atoms with E-state index in [9.17, 15) is 4.79 Å². The standard InChI is InChI=1S/C25H31NO3.ClH/c1-26(2)17-22-12-11-19(13-18-7-5-9-21(14-18)25(27)29-4)15-24(22)20-8-6-10-23(16-20)28-3;/h5-10,13-14,16,22,24H,11-12,15,17H2,1-4H3;1H/t22-,24-;/m0./s1. The van der Waals surface area contributed by atoms with E-state index < -0.39 is 0 Å². The van der Waals surface area contributed by atoms with Gasteiger partial charge >= 0.3 is 5.97 Å². The zero-order valence-electron chi connectivity index (χ0n) is 18.3. The Morgan fingerprint density at radius 3 is 2.60 bits per heavy atom. The van der Waals surface area contributed by atoms with E-state index in [0.717, 1.165) is 37.1 Å². The van der Waals surface area contributed by atoms with Gasteiger partial charge in [-0.2, -0.15) is 0 Å². The van der Waals surface area contributed by atoms with E-state index in [1.807, 2.05) is 24.3 Å². The van der Waals surface area contributed by atoms with Gasteiger partial charge < -0.3 is 14.4 Å². The van der Waals surface area contributed by atoms with Crippen molar-refractivity contribution in [2.45, 2.75) is 25.2 Å². The van der Waals surface area contributed by atoms with E-state index in [2.05, 4.69) is 43.3 Å². The lowest BCUT2D eigenvalue weighted by Crippen LogP contribution is -2.29. The van der Waals surface area contributed by atoms with Crippen LogP contribution in [0.25, 0.3) is 6.08 Å². The Balaban J connectivity index is 0.00000320. The van der Waals surface area contributed by atoms with Crippen LogP contribution in [0.3, 0.4) is 0 Å². The zero-order chi connectivity index (χ0) is 20.8. The van der Waals surface area contributed by atoms with Crippen molar-refractivity contribution in [3.05, 3.63) is 70.8 Å². The molecule has 30 heavy (non-hydrogen) atoms. The molecule has 0 amide bonds. The van der Waals surface area contributed by atoms with E-state index in [1.54, 1.807) is 13.2 Å². The molecular weight excluding hydrogens is 398 g/mol. The highest BCUT2D eigenvalue weighted by Crippen LogP contribution is 2.42. The Bertz CT molecular complexity index is 878. The number of carbonyl (C=O) groups is 1. The van der Waals surface area contributed by atoms with Gasteiger partial charge in [-0.05, 0) is 80.6 Å². The van der Waals surface area contributed by atoms with Crippen LogP contribution in [0.4, 0.5) is 0 Å². The van der Waals surface area contributed by atoms with Crippen LogP contribution >= 0.6 is 12.4 Å². The third kappa shape index (κ3) is 6.10. The van der Waals surface area contributed by atoms with Crippen LogP contribution in [0.1, 0.15) is 46.7 Å². The molecule has 0 radical (unpaired) electrons. The first-order valence-electron chi connectivity index (χ1n) is 10.2. The fraction of sp³-hybridized carbons (Fsp3) is 0.400. The molecule has 0 heterocycles. The van der Waals surface area contributed by atoms with Crippen molar-refractivity contribution in [1.29, 1.82) is 0 Å². The summed E-state index contributed by atoms with van der Waals surface area (Å²) in [5.41, 5.74) is 4.41. The highest BCUT2D eigenvalue weighted by Gasteiger charge is 2.29. The van der Waals surface area contributed by atoms with E-state index in [4.69, 9.17) is 9.47 Å². The molecule has 1 aliphatic carbocycles. The minimum Gasteiger partial charge on any atom is -0.497 e. The van der Waals surface area contributed by atoms with E-state index in [1.165, 1.54) is 18.2 Å². The number of halogens is 1. The van der Waals surface area contributed by atoms with Gasteiger partial charge in [0.05, 0.1) is 19.8 Å². The summed E-state index contributed by atoms with van der Waals surface area (Å²) in [5, 5.41) is 0. The van der Waals surface area contributed by atoms with Crippen molar-refractivity contribution in [3.63, 3.8) is 0 Å². The van der Waals surface area contributed by atoms with Gasteiger partial charge in [0.25, 0.3) is 0 Å². The van der Waals surface area contributed by atoms with Gasteiger partial charge in [0.1, 0.15) is 5.75 Å². The first kappa shape index (κ1) is 24.0. The molecule has 1 saturated carbocycles. The summed E-state index contributed by atoms with van der Waals surface area (Å²) in [5.74, 6) is 1.68. The van der Waals surface area contributed by atoms with E-state index in [-0.39, 0.29) is 18.4 Å². The SMILES string of the molecule is COC(=O)c1cccc(C=C2CC[C@@H](CN(C)C)[C@H](c3cccc(OC)c3)C2)c1.Cl. The Morgan fingerprint density at radius 1 is 1.13 bits per heavy atom. The van der Waals surface area contributed by atoms with Crippen molar-refractivity contribution < 1.29 is 14.3 Å². The predicted octanol–water partition coefficient (Wildman–Crippen LogP) is 5.43. The monoisotopic (exact) mass is 429 g/mol. The molecule has 3 rings (SSSR count). The molecule has 1 aliphatic rings. The Kier molecular flexibility index (Phi) is 8.94. The van der Waals surface area contributed by atoms with Crippen LogP contribution in [0, 0.1) is 5.92 Å². The highest BCUT2D eigenvalue weighted by atomic mass is 35.5. The summed E-state index contributed by atoms with van der Waals surface area (Å²) in [7, 11) is 7.42. The first-order valence-corrected chi connectivity index (χ1v) is 10.2. The number of hydrogen-bond acceptors (Lipinski definition) is 4. The lowest BCUT2D eigenvalue weighted by molar-refractivity contribution is 0.0600. The van der Waals surface area contributed by atoms with Crippen molar-refractivity contribution >= 4 is 24.5 Å². The lowest BCUT2D eigenvalue weighted by Gasteiger charge is -2.35. The van der Waals surface area contributed by atoms with Gasteiger partial charge in [-0.3, -0.25) is 0 Å². The Morgan fingerprint density at radius 2 is 1.90 bits per heavy atom. The molecule has 162 valence electrons. The van der Waals surface area contributed by atoms with E-state index >= 15 is 0 Å². The van der Waals surface area contributed by atoms with Gasteiger partial charge in [0.15, 0.2) is 0 Å². The van der Waals surface area contributed by atoms with Gasteiger partial charge in [0.2, 0.25) is 0 Å². The van der Waals surface area contributed by atoms with Gasteiger partial charge in [-0.25, -0.2) is 4.79 Å². The summed E-state index contributed by atoms with van der Waals surface area (Å²) in [6, 6.07) is 16.1. The van der Waals surface area contributed by atoms with Crippen LogP contribution in [0.15, 0.2) is 54.1 Å². The molecule has 4 nitrogen and oxygen atoms in total. The maximum atomic E-state index is 11.8. The molecule has 1 fully saturated rings. The molecule has 0 spiro atoms. The molecule has 2 aromatic carbocycles. The second-order valence-electron chi connectivity index (χ2n) is 8.07. The third-order valence-electron chi connectivity index (χ3n) is 5.69. The molecule has 2 atom stereocenters.